The van der Waals surface area contributed by atoms with E-state index in [-0.39, 0.29) is 6.61 Å². The van der Waals surface area contributed by atoms with Crippen LogP contribution >= 0.6 is 39.3 Å². The Morgan fingerprint density at radius 2 is 2.04 bits per heavy atom. The molecule has 3 aromatic rings. The standard InChI is InChI=1S/C18H12BrClN4O2S/c19-14-6-8-16(9-7-14)24-18(21-22-23-24)27-11-2-1-10-26-17(25)13-4-3-5-15(20)12-13/h3-9,12H,10-11H2. The third-order valence-electron chi connectivity index (χ3n) is 3.25. The van der Waals surface area contributed by atoms with Gasteiger partial charge >= 0.3 is 5.97 Å². The zero-order chi connectivity index (χ0) is 19.1. The second-order valence-corrected chi connectivity index (χ2v) is 7.37. The number of hydrogen-bond donors (Lipinski definition) is 0. The van der Waals surface area contributed by atoms with Gasteiger partial charge in [-0.1, -0.05) is 57.2 Å². The number of hydrogen-bond acceptors (Lipinski definition) is 6. The minimum atomic E-state index is -0.460. The van der Waals surface area contributed by atoms with Crippen LogP contribution in [0.2, 0.25) is 5.02 Å². The van der Waals surface area contributed by atoms with E-state index in [0.29, 0.717) is 21.5 Å². The van der Waals surface area contributed by atoms with E-state index in [9.17, 15) is 4.79 Å². The smallest absolute Gasteiger partial charge is 0.339 e. The number of nitrogens with zero attached hydrogens (tertiary/aromatic N) is 4. The van der Waals surface area contributed by atoms with E-state index >= 15 is 0 Å². The van der Waals surface area contributed by atoms with Gasteiger partial charge in [0.05, 0.1) is 17.0 Å². The molecular formula is C18H12BrClN4O2S. The molecule has 3 rings (SSSR count). The first-order chi connectivity index (χ1) is 13.1. The zero-order valence-corrected chi connectivity index (χ0v) is 17.0. The Kier molecular flexibility index (Phi) is 6.87. The lowest BCUT2D eigenvalue weighted by Crippen LogP contribution is -2.05. The lowest BCUT2D eigenvalue weighted by molar-refractivity contribution is 0.0556. The highest BCUT2D eigenvalue weighted by atomic mass is 79.9. The number of rotatable bonds is 5. The van der Waals surface area contributed by atoms with Crippen molar-refractivity contribution in [3.05, 3.63) is 63.6 Å². The van der Waals surface area contributed by atoms with Gasteiger partial charge in [0.15, 0.2) is 6.61 Å². The van der Waals surface area contributed by atoms with Crippen LogP contribution in [-0.4, -0.2) is 38.5 Å². The minimum absolute atomic E-state index is 0.00353. The Balaban J connectivity index is 1.49. The van der Waals surface area contributed by atoms with E-state index in [1.165, 1.54) is 11.8 Å². The molecule has 0 fully saturated rings. The maximum Gasteiger partial charge on any atom is 0.339 e. The van der Waals surface area contributed by atoms with Crippen LogP contribution in [0.25, 0.3) is 5.69 Å². The van der Waals surface area contributed by atoms with Gasteiger partial charge in [-0.15, -0.1) is 5.10 Å². The summed E-state index contributed by atoms with van der Waals surface area (Å²) in [7, 11) is 0. The molecule has 0 saturated carbocycles. The zero-order valence-electron chi connectivity index (χ0n) is 13.8. The minimum Gasteiger partial charge on any atom is -0.449 e. The Hall–Kier alpha value is -2.34. The summed E-state index contributed by atoms with van der Waals surface area (Å²) in [5, 5.41) is 12.8. The van der Waals surface area contributed by atoms with E-state index in [1.54, 1.807) is 28.9 Å². The predicted molar refractivity (Wildman–Crippen MR) is 107 cm³/mol. The molecule has 0 amide bonds. The molecule has 0 spiro atoms. The molecule has 0 bridgehead atoms. The van der Waals surface area contributed by atoms with Crippen LogP contribution in [0.5, 0.6) is 0 Å². The fraction of sp³-hybridized carbons (Fsp3) is 0.111. The number of tetrazole rings is 1. The summed E-state index contributed by atoms with van der Waals surface area (Å²) in [4.78, 5) is 11.9. The summed E-state index contributed by atoms with van der Waals surface area (Å²) in [6, 6.07) is 14.2. The topological polar surface area (TPSA) is 69.9 Å². The molecule has 0 aliphatic heterocycles. The van der Waals surface area contributed by atoms with Crippen LogP contribution < -0.4 is 0 Å². The van der Waals surface area contributed by atoms with Crippen molar-refractivity contribution < 1.29 is 9.53 Å². The Morgan fingerprint density at radius 3 is 2.81 bits per heavy atom. The number of halogens is 2. The van der Waals surface area contributed by atoms with E-state index in [0.717, 1.165) is 10.2 Å². The van der Waals surface area contributed by atoms with Crippen LogP contribution in [0.15, 0.2) is 58.2 Å². The molecule has 0 aliphatic carbocycles. The number of esters is 1. The first-order valence-electron chi connectivity index (χ1n) is 7.69. The van der Waals surface area contributed by atoms with Gasteiger partial charge in [0.1, 0.15) is 0 Å². The molecule has 9 heteroatoms. The number of benzene rings is 2. The lowest BCUT2D eigenvalue weighted by atomic mass is 10.2. The van der Waals surface area contributed by atoms with Crippen LogP contribution in [-0.2, 0) is 4.74 Å². The average molecular weight is 464 g/mol. The Labute approximate surface area is 173 Å². The highest BCUT2D eigenvalue weighted by Gasteiger charge is 2.08. The van der Waals surface area contributed by atoms with Gasteiger partial charge < -0.3 is 4.74 Å². The number of carbonyl (C=O) groups is 1. The molecule has 0 unspecified atom stereocenters. The third kappa shape index (κ3) is 5.57. The molecule has 0 atom stereocenters. The van der Waals surface area contributed by atoms with Gasteiger partial charge in [0, 0.05) is 9.50 Å². The number of ether oxygens (including phenoxy) is 1. The molecule has 1 heterocycles. The van der Waals surface area contributed by atoms with Crippen molar-refractivity contribution in [2.45, 2.75) is 5.16 Å². The van der Waals surface area contributed by atoms with Crippen LogP contribution in [0, 0.1) is 11.8 Å². The molecule has 0 saturated heterocycles. The molecule has 136 valence electrons. The van der Waals surface area contributed by atoms with Crippen molar-refractivity contribution in [3.8, 4) is 17.5 Å². The first-order valence-corrected chi connectivity index (χ1v) is 9.84. The van der Waals surface area contributed by atoms with Crippen molar-refractivity contribution in [1.82, 2.24) is 20.2 Å². The van der Waals surface area contributed by atoms with Gasteiger partial charge in [-0.05, 0) is 52.9 Å². The van der Waals surface area contributed by atoms with Crippen molar-refractivity contribution >= 4 is 45.3 Å². The normalized spacial score (nSPS) is 10.1. The molecule has 0 aliphatic rings. The Morgan fingerprint density at radius 1 is 1.22 bits per heavy atom. The Bertz CT molecular complexity index is 998. The van der Waals surface area contributed by atoms with Crippen molar-refractivity contribution in [1.29, 1.82) is 0 Å². The van der Waals surface area contributed by atoms with Gasteiger partial charge in [-0.3, -0.25) is 0 Å². The highest BCUT2D eigenvalue weighted by Crippen LogP contribution is 2.19. The van der Waals surface area contributed by atoms with Crippen LogP contribution in [0.4, 0.5) is 0 Å². The number of aromatic nitrogens is 4. The van der Waals surface area contributed by atoms with Crippen LogP contribution in [0.3, 0.4) is 0 Å². The largest absolute Gasteiger partial charge is 0.449 e. The lowest BCUT2D eigenvalue weighted by Gasteiger charge is -2.02. The average Bonchev–Trinajstić information content (AvgIpc) is 3.13. The first kappa shape index (κ1) is 19.4. The fourth-order valence-corrected chi connectivity index (χ4v) is 3.13. The van der Waals surface area contributed by atoms with E-state index < -0.39 is 5.97 Å². The van der Waals surface area contributed by atoms with Gasteiger partial charge in [-0.2, -0.15) is 4.68 Å². The second kappa shape index (κ2) is 9.55. The molecular weight excluding hydrogens is 452 g/mol. The molecule has 6 nitrogen and oxygen atoms in total. The second-order valence-electron chi connectivity index (χ2n) is 5.08. The summed E-state index contributed by atoms with van der Waals surface area (Å²) in [6.07, 6.45) is 0. The predicted octanol–water partition coefficient (Wildman–Crippen LogP) is 4.03. The summed E-state index contributed by atoms with van der Waals surface area (Å²) < 4.78 is 7.71. The van der Waals surface area contributed by atoms with Crippen molar-refractivity contribution in [2.24, 2.45) is 0 Å². The molecule has 2 aromatic carbocycles. The monoisotopic (exact) mass is 462 g/mol. The van der Waals surface area contributed by atoms with E-state index in [2.05, 4.69) is 43.3 Å². The van der Waals surface area contributed by atoms with Gasteiger partial charge in [-0.25, -0.2) is 4.79 Å². The SMILES string of the molecule is O=C(OCC#CCSc1nnnn1-c1ccc(Br)cc1)c1cccc(Cl)c1. The van der Waals surface area contributed by atoms with Gasteiger partial charge in [0.25, 0.3) is 0 Å². The fourth-order valence-electron chi connectivity index (χ4n) is 2.02. The van der Waals surface area contributed by atoms with E-state index in [4.69, 9.17) is 16.3 Å². The van der Waals surface area contributed by atoms with Crippen molar-refractivity contribution in [3.63, 3.8) is 0 Å². The maximum atomic E-state index is 11.9. The van der Waals surface area contributed by atoms with Crippen LogP contribution in [0.1, 0.15) is 10.4 Å². The molecule has 27 heavy (non-hydrogen) atoms. The maximum absolute atomic E-state index is 11.9. The molecule has 1 aromatic heterocycles. The molecule has 0 radical (unpaired) electrons. The summed E-state index contributed by atoms with van der Waals surface area (Å²) >= 11 is 10.6. The van der Waals surface area contributed by atoms with Gasteiger partial charge in [0.2, 0.25) is 5.16 Å². The molecule has 0 N–H and O–H groups in total. The highest BCUT2D eigenvalue weighted by molar-refractivity contribution is 9.10. The number of thioether (sulfide) groups is 1. The van der Waals surface area contributed by atoms with E-state index in [1.807, 2.05) is 24.3 Å². The summed E-state index contributed by atoms with van der Waals surface area (Å²) in [6.45, 7) is 0.00353. The summed E-state index contributed by atoms with van der Waals surface area (Å²) in [5.41, 5.74) is 1.25. The number of carbonyl (C=O) groups excluding carboxylic acids is 1. The quantitative estimate of drug-likeness (QED) is 0.323. The summed E-state index contributed by atoms with van der Waals surface area (Å²) in [5.74, 6) is 5.73. The third-order valence-corrected chi connectivity index (χ3v) is 4.81. The van der Waals surface area contributed by atoms with Crippen molar-refractivity contribution in [2.75, 3.05) is 12.4 Å².